The number of nitrogens with zero attached hydrogens (tertiary/aromatic N) is 2. The molecule has 0 aliphatic carbocycles. The molecule has 2 aromatic carbocycles. The van der Waals surface area contributed by atoms with E-state index in [9.17, 15) is 9.59 Å². The Morgan fingerprint density at radius 1 is 0.618 bits per heavy atom. The second-order valence-corrected chi connectivity index (χ2v) is 8.52. The van der Waals surface area contributed by atoms with Crippen LogP contribution in [0.2, 0.25) is 0 Å². The van der Waals surface area contributed by atoms with E-state index >= 15 is 0 Å². The third-order valence-electron chi connectivity index (χ3n) is 6.10. The first-order valence-electron chi connectivity index (χ1n) is 11.4. The van der Waals surface area contributed by atoms with Crippen LogP contribution in [0.3, 0.4) is 0 Å². The molecular weight excluding hydrogens is 428 g/mol. The van der Waals surface area contributed by atoms with Crippen LogP contribution >= 0.6 is 0 Å². The third kappa shape index (κ3) is 4.15. The van der Waals surface area contributed by atoms with E-state index in [1.807, 2.05) is 74.5 Å². The van der Waals surface area contributed by atoms with E-state index in [2.05, 4.69) is 0 Å². The minimum absolute atomic E-state index is 0.0769. The van der Waals surface area contributed by atoms with Gasteiger partial charge in [-0.05, 0) is 26.0 Å². The Bertz CT molecular complexity index is 1210. The Balaban J connectivity index is 1.31. The average molecular weight is 455 g/mol. The summed E-state index contributed by atoms with van der Waals surface area (Å²) in [5, 5.41) is 0. The highest BCUT2D eigenvalue weighted by Gasteiger charge is 2.30. The predicted molar refractivity (Wildman–Crippen MR) is 130 cm³/mol. The van der Waals surface area contributed by atoms with Crippen LogP contribution in [0.5, 0.6) is 0 Å². The molecule has 6 nitrogen and oxygen atoms in total. The number of carbonyl (C=O) groups excluding carboxylic acids is 2. The highest BCUT2D eigenvalue weighted by molar-refractivity contribution is 6.01. The Hall–Kier alpha value is -4.06. The zero-order chi connectivity index (χ0) is 23.7. The smallest absolute Gasteiger partial charge is 0.257 e. The number of hydrogen-bond donors (Lipinski definition) is 0. The average Bonchev–Trinajstić information content (AvgIpc) is 3.47. The molecule has 172 valence electrons. The van der Waals surface area contributed by atoms with Gasteiger partial charge in [0.05, 0.1) is 11.1 Å². The normalized spacial score (nSPS) is 13.8. The minimum Gasteiger partial charge on any atom is -0.461 e. The lowest BCUT2D eigenvalue weighted by molar-refractivity contribution is 0.0535. The lowest BCUT2D eigenvalue weighted by Gasteiger charge is -2.34. The SMILES string of the molecule is Cc1cc(C(=O)N2CCN(C(=O)c3cc(C)oc3-c3ccccc3)CC2)c(-c2ccccc2)o1. The maximum atomic E-state index is 13.3. The van der Waals surface area contributed by atoms with E-state index in [1.54, 1.807) is 21.9 Å². The van der Waals surface area contributed by atoms with Gasteiger partial charge >= 0.3 is 0 Å². The lowest BCUT2D eigenvalue weighted by Crippen LogP contribution is -2.50. The lowest BCUT2D eigenvalue weighted by atomic mass is 10.1. The fraction of sp³-hybridized carbons (Fsp3) is 0.214. The molecule has 0 atom stereocenters. The zero-order valence-electron chi connectivity index (χ0n) is 19.3. The first-order chi connectivity index (χ1) is 16.5. The summed E-state index contributed by atoms with van der Waals surface area (Å²) >= 11 is 0. The van der Waals surface area contributed by atoms with E-state index in [0.29, 0.717) is 60.3 Å². The van der Waals surface area contributed by atoms with Crippen molar-refractivity contribution in [3.8, 4) is 22.6 Å². The van der Waals surface area contributed by atoms with E-state index in [0.717, 1.165) is 11.1 Å². The van der Waals surface area contributed by atoms with E-state index in [-0.39, 0.29) is 11.8 Å². The van der Waals surface area contributed by atoms with Crippen LogP contribution in [0.15, 0.2) is 81.6 Å². The van der Waals surface area contributed by atoms with Crippen LogP contribution in [0.25, 0.3) is 22.6 Å². The second kappa shape index (κ2) is 9.06. The fourth-order valence-electron chi connectivity index (χ4n) is 4.41. The Morgan fingerprint density at radius 3 is 1.32 bits per heavy atom. The first kappa shape index (κ1) is 21.8. The van der Waals surface area contributed by atoms with Crippen molar-refractivity contribution in [1.29, 1.82) is 0 Å². The molecule has 1 fully saturated rings. The van der Waals surface area contributed by atoms with Crippen LogP contribution in [-0.4, -0.2) is 47.8 Å². The summed E-state index contributed by atoms with van der Waals surface area (Å²) in [6.07, 6.45) is 0. The summed E-state index contributed by atoms with van der Waals surface area (Å²) in [5.74, 6) is 2.41. The molecule has 2 aromatic heterocycles. The van der Waals surface area contributed by atoms with Crippen molar-refractivity contribution in [1.82, 2.24) is 9.80 Å². The molecule has 0 spiro atoms. The molecule has 2 amide bonds. The van der Waals surface area contributed by atoms with Gasteiger partial charge in [0, 0.05) is 37.3 Å². The molecule has 0 unspecified atom stereocenters. The molecule has 4 aromatic rings. The summed E-state index contributed by atoms with van der Waals surface area (Å²) < 4.78 is 11.7. The van der Waals surface area contributed by atoms with Crippen molar-refractivity contribution in [2.24, 2.45) is 0 Å². The number of benzene rings is 2. The number of hydrogen-bond acceptors (Lipinski definition) is 4. The van der Waals surface area contributed by atoms with Crippen molar-refractivity contribution in [3.05, 3.63) is 95.4 Å². The number of furan rings is 2. The van der Waals surface area contributed by atoms with E-state index in [1.165, 1.54) is 0 Å². The van der Waals surface area contributed by atoms with Gasteiger partial charge in [-0.25, -0.2) is 0 Å². The number of amides is 2. The molecule has 3 heterocycles. The highest BCUT2D eigenvalue weighted by Crippen LogP contribution is 2.30. The van der Waals surface area contributed by atoms with Gasteiger partial charge in [-0.15, -0.1) is 0 Å². The number of piperazine rings is 1. The van der Waals surface area contributed by atoms with Gasteiger partial charge in [-0.2, -0.15) is 0 Å². The third-order valence-corrected chi connectivity index (χ3v) is 6.10. The summed E-state index contributed by atoms with van der Waals surface area (Å²) in [6.45, 7) is 5.52. The van der Waals surface area contributed by atoms with Gasteiger partial charge < -0.3 is 18.6 Å². The Kier molecular flexibility index (Phi) is 5.80. The minimum atomic E-state index is -0.0769. The van der Waals surface area contributed by atoms with Gasteiger partial charge in [0.15, 0.2) is 0 Å². The summed E-state index contributed by atoms with van der Waals surface area (Å²) in [7, 11) is 0. The zero-order valence-corrected chi connectivity index (χ0v) is 19.3. The van der Waals surface area contributed by atoms with Crippen molar-refractivity contribution >= 4 is 11.8 Å². The van der Waals surface area contributed by atoms with Crippen LogP contribution in [-0.2, 0) is 0 Å². The molecule has 1 aliphatic rings. The van der Waals surface area contributed by atoms with Gasteiger partial charge in [-0.1, -0.05) is 60.7 Å². The molecule has 0 saturated carbocycles. The maximum absolute atomic E-state index is 13.3. The predicted octanol–water partition coefficient (Wildman–Crippen LogP) is 5.42. The van der Waals surface area contributed by atoms with Crippen molar-refractivity contribution < 1.29 is 18.4 Å². The van der Waals surface area contributed by atoms with Crippen LogP contribution in [0.4, 0.5) is 0 Å². The maximum Gasteiger partial charge on any atom is 0.257 e. The molecule has 6 heteroatoms. The Morgan fingerprint density at radius 2 is 0.971 bits per heavy atom. The van der Waals surface area contributed by atoms with Gasteiger partial charge in [0.25, 0.3) is 11.8 Å². The van der Waals surface area contributed by atoms with E-state index < -0.39 is 0 Å². The fourth-order valence-corrected chi connectivity index (χ4v) is 4.41. The van der Waals surface area contributed by atoms with E-state index in [4.69, 9.17) is 8.83 Å². The topological polar surface area (TPSA) is 66.9 Å². The van der Waals surface area contributed by atoms with Crippen molar-refractivity contribution in [3.63, 3.8) is 0 Å². The standard InChI is InChI=1S/C28H26N2O4/c1-19-17-23(25(33-19)21-9-5-3-6-10-21)27(31)29-13-15-30(16-14-29)28(32)24-18-20(2)34-26(24)22-11-7-4-8-12-22/h3-12,17-18H,13-16H2,1-2H3. The summed E-state index contributed by atoms with van der Waals surface area (Å²) in [5.41, 5.74) is 2.86. The summed E-state index contributed by atoms with van der Waals surface area (Å²) in [6, 6.07) is 22.9. The van der Waals surface area contributed by atoms with Gasteiger partial charge in [0.1, 0.15) is 23.0 Å². The highest BCUT2D eigenvalue weighted by atomic mass is 16.3. The Labute approximate surface area is 198 Å². The molecule has 1 saturated heterocycles. The number of carbonyl (C=O) groups is 2. The molecule has 1 aliphatic heterocycles. The molecule has 34 heavy (non-hydrogen) atoms. The van der Waals surface area contributed by atoms with Crippen LogP contribution in [0, 0.1) is 13.8 Å². The first-order valence-corrected chi connectivity index (χ1v) is 11.4. The number of aryl methyl sites for hydroxylation is 2. The van der Waals surface area contributed by atoms with Crippen LogP contribution < -0.4 is 0 Å². The molecule has 0 bridgehead atoms. The van der Waals surface area contributed by atoms with Gasteiger partial charge in [-0.3, -0.25) is 9.59 Å². The monoisotopic (exact) mass is 454 g/mol. The molecule has 0 radical (unpaired) electrons. The van der Waals surface area contributed by atoms with Gasteiger partial charge in [0.2, 0.25) is 0 Å². The second-order valence-electron chi connectivity index (χ2n) is 8.52. The quantitative estimate of drug-likeness (QED) is 0.413. The largest absolute Gasteiger partial charge is 0.461 e. The molecular formula is C28H26N2O4. The molecule has 5 rings (SSSR count). The summed E-state index contributed by atoms with van der Waals surface area (Å²) in [4.78, 5) is 30.3. The number of rotatable bonds is 4. The van der Waals surface area contributed by atoms with Crippen molar-refractivity contribution in [2.75, 3.05) is 26.2 Å². The van der Waals surface area contributed by atoms with Crippen LogP contribution in [0.1, 0.15) is 32.2 Å². The molecule has 0 N–H and O–H groups in total. The van der Waals surface area contributed by atoms with Crippen molar-refractivity contribution in [2.45, 2.75) is 13.8 Å².